The zero-order chi connectivity index (χ0) is 35.9. The lowest BCUT2D eigenvalue weighted by molar-refractivity contribution is 0.273. The van der Waals surface area contributed by atoms with Crippen LogP contribution in [0, 0.1) is 0 Å². The van der Waals surface area contributed by atoms with Crippen molar-refractivity contribution in [1.82, 2.24) is 9.80 Å². The molecule has 0 bridgehead atoms. The summed E-state index contributed by atoms with van der Waals surface area (Å²) in [4.78, 5) is 5.44. The second kappa shape index (κ2) is 40.2. The summed E-state index contributed by atoms with van der Waals surface area (Å²) in [7, 11) is 0. The van der Waals surface area contributed by atoms with E-state index in [4.69, 9.17) is 0 Å². The highest BCUT2D eigenvalue weighted by Gasteiger charge is 2.08. The standard InChI is InChI=1S/C47H94N2/c1-7-11-14-17-20-21-22-23-25-31-38-46(5)39-33-30-37-42-48(10-4)41-34-29-24-26-32-40-47(6)45-49(43-35-27-18-15-12-8-2)44-36-28-19-16-13-9-3/h5-45H2,1-4H3. The molecule has 0 aromatic rings. The summed E-state index contributed by atoms with van der Waals surface area (Å²) in [5.74, 6) is 0. The minimum Gasteiger partial charge on any atom is -0.304 e. The molecule has 0 atom stereocenters. The molecule has 0 amide bonds. The summed E-state index contributed by atoms with van der Waals surface area (Å²) in [5.41, 5.74) is 2.99. The molecular weight excluding hydrogens is 593 g/mol. The first-order chi connectivity index (χ1) is 24.1. The molecule has 49 heavy (non-hydrogen) atoms. The van der Waals surface area contributed by atoms with Gasteiger partial charge < -0.3 is 4.90 Å². The molecule has 292 valence electrons. The Morgan fingerprint density at radius 3 is 0.918 bits per heavy atom. The second-order valence-corrected chi connectivity index (χ2v) is 16.0. The Morgan fingerprint density at radius 2 is 0.571 bits per heavy atom. The average Bonchev–Trinajstić information content (AvgIpc) is 3.10. The maximum Gasteiger partial charge on any atom is 0.0190 e. The molecule has 0 spiro atoms. The van der Waals surface area contributed by atoms with Crippen LogP contribution in [0.3, 0.4) is 0 Å². The quantitative estimate of drug-likeness (QED) is 0.0466. The minimum atomic E-state index is 1.14. The van der Waals surface area contributed by atoms with Crippen LogP contribution >= 0.6 is 0 Å². The first-order valence-corrected chi connectivity index (χ1v) is 22.8. The van der Waals surface area contributed by atoms with Crippen LogP contribution in [0.2, 0.25) is 0 Å². The average molecular weight is 687 g/mol. The van der Waals surface area contributed by atoms with Gasteiger partial charge in [0.2, 0.25) is 0 Å². The van der Waals surface area contributed by atoms with Gasteiger partial charge in [0.15, 0.2) is 0 Å². The normalized spacial score (nSPS) is 11.7. The number of allylic oxidation sites excluding steroid dienone is 1. The van der Waals surface area contributed by atoms with E-state index in [1.165, 1.54) is 256 Å². The summed E-state index contributed by atoms with van der Waals surface area (Å²) < 4.78 is 0. The largest absolute Gasteiger partial charge is 0.304 e. The Hall–Kier alpha value is -0.600. The highest BCUT2D eigenvalue weighted by molar-refractivity contribution is 4.97. The second-order valence-electron chi connectivity index (χ2n) is 16.0. The van der Waals surface area contributed by atoms with Gasteiger partial charge in [0.25, 0.3) is 0 Å². The van der Waals surface area contributed by atoms with Gasteiger partial charge in [-0.05, 0) is 96.9 Å². The van der Waals surface area contributed by atoms with Crippen LogP contribution in [0.15, 0.2) is 24.3 Å². The lowest BCUT2D eigenvalue weighted by Crippen LogP contribution is -2.28. The third-order valence-corrected chi connectivity index (χ3v) is 10.9. The van der Waals surface area contributed by atoms with E-state index < -0.39 is 0 Å². The number of hydrogen-bond acceptors (Lipinski definition) is 2. The summed E-state index contributed by atoms with van der Waals surface area (Å²) >= 11 is 0. The van der Waals surface area contributed by atoms with E-state index in [9.17, 15) is 0 Å². The smallest absolute Gasteiger partial charge is 0.0190 e. The van der Waals surface area contributed by atoms with Gasteiger partial charge in [0, 0.05) is 6.54 Å². The molecule has 0 fully saturated rings. The molecular formula is C47H94N2. The van der Waals surface area contributed by atoms with Crippen LogP contribution in [0.4, 0.5) is 0 Å². The predicted molar refractivity (Wildman–Crippen MR) is 226 cm³/mol. The predicted octanol–water partition coefficient (Wildman–Crippen LogP) is 15.7. The maximum atomic E-state index is 4.53. The lowest BCUT2D eigenvalue weighted by Gasteiger charge is -2.23. The van der Waals surface area contributed by atoms with Gasteiger partial charge in [-0.3, -0.25) is 4.90 Å². The SMILES string of the molecule is C=C(CCCCCCCCCCCC)CCCCCN(CC)CCCCCCCC(=C)CN(CCCCCCCC)CCCCCCCC. The maximum absolute atomic E-state index is 4.53. The van der Waals surface area contributed by atoms with E-state index >= 15 is 0 Å². The van der Waals surface area contributed by atoms with Crippen molar-refractivity contribution in [3.63, 3.8) is 0 Å². The number of unbranched alkanes of at least 4 members (excludes halogenated alkanes) is 25. The van der Waals surface area contributed by atoms with E-state index in [0.29, 0.717) is 0 Å². The molecule has 0 aromatic heterocycles. The fourth-order valence-electron chi connectivity index (χ4n) is 7.44. The summed E-state index contributed by atoms with van der Waals surface area (Å²) in [6.07, 6.45) is 45.7. The lowest BCUT2D eigenvalue weighted by atomic mass is 10.0. The topological polar surface area (TPSA) is 6.48 Å². The van der Waals surface area contributed by atoms with Crippen molar-refractivity contribution >= 4 is 0 Å². The molecule has 0 aromatic carbocycles. The zero-order valence-corrected chi connectivity index (χ0v) is 34.9. The van der Waals surface area contributed by atoms with Crippen molar-refractivity contribution in [3.05, 3.63) is 24.3 Å². The molecule has 0 aliphatic carbocycles. The molecule has 0 aliphatic rings. The van der Waals surface area contributed by atoms with Crippen LogP contribution < -0.4 is 0 Å². The number of hydrogen-bond donors (Lipinski definition) is 0. The fraction of sp³-hybridized carbons (Fsp3) is 0.915. The molecule has 0 heterocycles. The van der Waals surface area contributed by atoms with Gasteiger partial charge in [-0.15, -0.1) is 0 Å². The molecule has 2 heteroatoms. The summed E-state index contributed by atoms with van der Waals surface area (Å²) in [6.45, 7) is 25.7. The minimum absolute atomic E-state index is 1.14. The zero-order valence-electron chi connectivity index (χ0n) is 34.9. The van der Waals surface area contributed by atoms with E-state index in [2.05, 4.69) is 50.7 Å². The van der Waals surface area contributed by atoms with Crippen LogP contribution in [0.5, 0.6) is 0 Å². The number of rotatable bonds is 42. The van der Waals surface area contributed by atoms with Crippen molar-refractivity contribution in [3.8, 4) is 0 Å². The molecule has 0 rings (SSSR count). The van der Waals surface area contributed by atoms with Crippen molar-refractivity contribution < 1.29 is 0 Å². The summed E-state index contributed by atoms with van der Waals surface area (Å²) in [6, 6.07) is 0. The van der Waals surface area contributed by atoms with Crippen molar-refractivity contribution in [1.29, 1.82) is 0 Å². The molecule has 0 unspecified atom stereocenters. The first-order valence-electron chi connectivity index (χ1n) is 22.8. The van der Waals surface area contributed by atoms with Crippen molar-refractivity contribution in [2.45, 2.75) is 240 Å². The Morgan fingerprint density at radius 1 is 0.306 bits per heavy atom. The van der Waals surface area contributed by atoms with Gasteiger partial charge in [0.1, 0.15) is 0 Å². The molecule has 0 N–H and O–H groups in total. The Labute approximate surface area is 312 Å². The Kier molecular flexibility index (Phi) is 39.7. The Balaban J connectivity index is 3.86. The monoisotopic (exact) mass is 687 g/mol. The van der Waals surface area contributed by atoms with Gasteiger partial charge in [-0.25, -0.2) is 0 Å². The highest BCUT2D eigenvalue weighted by Crippen LogP contribution is 2.18. The third kappa shape index (κ3) is 37.0. The van der Waals surface area contributed by atoms with E-state index in [-0.39, 0.29) is 0 Å². The highest BCUT2D eigenvalue weighted by atomic mass is 15.1. The number of nitrogens with zero attached hydrogens (tertiary/aromatic N) is 2. The van der Waals surface area contributed by atoms with Gasteiger partial charge in [-0.1, -0.05) is 200 Å². The van der Waals surface area contributed by atoms with Crippen LogP contribution in [0.25, 0.3) is 0 Å². The Bertz CT molecular complexity index is 653. The van der Waals surface area contributed by atoms with Crippen LogP contribution in [-0.2, 0) is 0 Å². The third-order valence-electron chi connectivity index (χ3n) is 10.9. The summed E-state index contributed by atoms with van der Waals surface area (Å²) in [5, 5.41) is 0. The molecule has 0 radical (unpaired) electrons. The van der Waals surface area contributed by atoms with E-state index in [1.807, 2.05) is 0 Å². The van der Waals surface area contributed by atoms with Gasteiger partial charge in [0.05, 0.1) is 0 Å². The molecule has 0 saturated carbocycles. The van der Waals surface area contributed by atoms with E-state index in [1.54, 1.807) is 0 Å². The van der Waals surface area contributed by atoms with Gasteiger partial charge >= 0.3 is 0 Å². The van der Waals surface area contributed by atoms with Crippen LogP contribution in [0.1, 0.15) is 240 Å². The van der Waals surface area contributed by atoms with Crippen molar-refractivity contribution in [2.75, 3.05) is 39.3 Å². The first kappa shape index (κ1) is 48.4. The molecule has 0 aliphatic heterocycles. The van der Waals surface area contributed by atoms with E-state index in [0.717, 1.165) is 6.54 Å². The molecule has 2 nitrogen and oxygen atoms in total. The fourth-order valence-corrected chi connectivity index (χ4v) is 7.44. The van der Waals surface area contributed by atoms with Crippen LogP contribution in [-0.4, -0.2) is 49.1 Å². The molecule has 0 saturated heterocycles. The van der Waals surface area contributed by atoms with Gasteiger partial charge in [-0.2, -0.15) is 0 Å². The van der Waals surface area contributed by atoms with Crippen molar-refractivity contribution in [2.24, 2.45) is 0 Å².